The summed E-state index contributed by atoms with van der Waals surface area (Å²) in [5, 5.41) is 5.99. The van der Waals surface area contributed by atoms with Crippen LogP contribution in [-0.2, 0) is 6.18 Å². The molecular weight excluding hydrogens is 402 g/mol. The summed E-state index contributed by atoms with van der Waals surface area (Å²) in [6.07, 6.45) is -0.303. The van der Waals surface area contributed by atoms with E-state index in [0.29, 0.717) is 30.9 Å². The van der Waals surface area contributed by atoms with E-state index >= 15 is 0 Å². The average molecular weight is 425 g/mol. The summed E-state index contributed by atoms with van der Waals surface area (Å²) in [6.45, 7) is 0. The van der Waals surface area contributed by atoms with Gasteiger partial charge in [-0.15, -0.1) is 0 Å². The molecule has 1 aliphatic carbocycles. The monoisotopic (exact) mass is 425 g/mol. The van der Waals surface area contributed by atoms with Crippen LogP contribution in [0.2, 0.25) is 0 Å². The molecule has 1 fully saturated rings. The van der Waals surface area contributed by atoms with Crippen LogP contribution in [0.1, 0.15) is 41.6 Å². The number of carbonyl (C=O) groups excluding carboxylic acids is 1. The van der Waals surface area contributed by atoms with Gasteiger partial charge in [0.1, 0.15) is 11.6 Å². The van der Waals surface area contributed by atoms with Gasteiger partial charge in [0.2, 0.25) is 5.95 Å². The van der Waals surface area contributed by atoms with Gasteiger partial charge in [-0.25, -0.2) is 9.37 Å². The molecule has 0 unspecified atom stereocenters. The summed E-state index contributed by atoms with van der Waals surface area (Å²) in [4.78, 5) is 22.8. The molecular formula is C20H23F4N5O. The van der Waals surface area contributed by atoms with Crippen LogP contribution in [0.3, 0.4) is 0 Å². The molecule has 1 amide bonds. The number of halogens is 4. The molecule has 1 heterocycles. The molecule has 10 heteroatoms. The molecule has 1 saturated carbocycles. The molecule has 1 aromatic carbocycles. The van der Waals surface area contributed by atoms with Crippen molar-refractivity contribution in [3.63, 3.8) is 0 Å². The minimum atomic E-state index is -4.72. The first-order chi connectivity index (χ1) is 14.1. The summed E-state index contributed by atoms with van der Waals surface area (Å²) >= 11 is 0. The topological polar surface area (TPSA) is 70.2 Å². The van der Waals surface area contributed by atoms with E-state index < -0.39 is 23.5 Å². The summed E-state index contributed by atoms with van der Waals surface area (Å²) in [5.41, 5.74) is -1.52. The van der Waals surface area contributed by atoms with Gasteiger partial charge in [-0.3, -0.25) is 4.79 Å². The second kappa shape index (κ2) is 8.85. The highest BCUT2D eigenvalue weighted by atomic mass is 19.4. The van der Waals surface area contributed by atoms with E-state index in [2.05, 4.69) is 20.6 Å². The van der Waals surface area contributed by atoms with Gasteiger partial charge in [0.25, 0.3) is 5.91 Å². The highest BCUT2D eigenvalue weighted by molar-refractivity contribution is 5.94. The maximum absolute atomic E-state index is 13.5. The Morgan fingerprint density at radius 2 is 1.77 bits per heavy atom. The number of aromatic nitrogens is 2. The largest absolute Gasteiger partial charge is 0.416 e. The third-order valence-corrected chi connectivity index (χ3v) is 4.98. The van der Waals surface area contributed by atoms with Crippen molar-refractivity contribution >= 4 is 17.7 Å². The summed E-state index contributed by atoms with van der Waals surface area (Å²) < 4.78 is 52.1. The molecule has 30 heavy (non-hydrogen) atoms. The number of alkyl halides is 3. The molecule has 3 rings (SSSR count). The molecule has 162 valence electrons. The van der Waals surface area contributed by atoms with Gasteiger partial charge in [0, 0.05) is 37.9 Å². The maximum atomic E-state index is 13.5. The molecule has 1 aromatic heterocycles. The van der Waals surface area contributed by atoms with Crippen molar-refractivity contribution < 1.29 is 22.4 Å². The van der Waals surface area contributed by atoms with Gasteiger partial charge in [-0.1, -0.05) is 0 Å². The van der Waals surface area contributed by atoms with Gasteiger partial charge >= 0.3 is 6.18 Å². The van der Waals surface area contributed by atoms with E-state index in [1.54, 1.807) is 12.3 Å². The van der Waals surface area contributed by atoms with Crippen molar-refractivity contribution in [2.75, 3.05) is 24.3 Å². The van der Waals surface area contributed by atoms with Gasteiger partial charge in [0.15, 0.2) is 0 Å². The van der Waals surface area contributed by atoms with Crippen LogP contribution in [0.5, 0.6) is 0 Å². The normalized spacial score (nSPS) is 19.3. The number of rotatable bonds is 5. The lowest BCUT2D eigenvalue weighted by Gasteiger charge is -2.30. The molecule has 6 nitrogen and oxygen atoms in total. The highest BCUT2D eigenvalue weighted by Gasteiger charge is 2.32. The quantitative estimate of drug-likeness (QED) is 0.712. The Morgan fingerprint density at radius 1 is 1.10 bits per heavy atom. The first kappa shape index (κ1) is 21.8. The summed E-state index contributed by atoms with van der Waals surface area (Å²) in [7, 11) is 3.77. The number of hydrogen-bond acceptors (Lipinski definition) is 5. The summed E-state index contributed by atoms with van der Waals surface area (Å²) in [5.74, 6) is -0.504. The highest BCUT2D eigenvalue weighted by Crippen LogP contribution is 2.30. The molecule has 0 radical (unpaired) electrons. The molecule has 0 aliphatic heterocycles. The smallest absolute Gasteiger partial charge is 0.363 e. The minimum absolute atomic E-state index is 0.126. The van der Waals surface area contributed by atoms with E-state index in [1.807, 2.05) is 19.0 Å². The fraction of sp³-hybridized carbons (Fsp3) is 0.450. The molecule has 1 aliphatic rings. The Hall–Kier alpha value is -2.91. The van der Waals surface area contributed by atoms with Gasteiger partial charge in [0.05, 0.1) is 5.56 Å². The molecule has 0 saturated heterocycles. The molecule has 0 bridgehead atoms. The SMILES string of the molecule is CN(C)c1ccnc(NC2CCC(NC(=O)c3cc(F)cc(C(F)(F)F)c3)CC2)n1. The Morgan fingerprint density at radius 3 is 2.40 bits per heavy atom. The maximum Gasteiger partial charge on any atom is 0.416 e. The minimum Gasteiger partial charge on any atom is -0.363 e. The number of carbonyl (C=O) groups is 1. The van der Waals surface area contributed by atoms with Crippen molar-refractivity contribution in [1.29, 1.82) is 0 Å². The van der Waals surface area contributed by atoms with Crippen LogP contribution in [0.15, 0.2) is 30.5 Å². The van der Waals surface area contributed by atoms with E-state index in [0.717, 1.165) is 24.7 Å². The average Bonchev–Trinajstić information content (AvgIpc) is 2.68. The Labute approximate surface area is 171 Å². The summed E-state index contributed by atoms with van der Waals surface area (Å²) in [6, 6.07) is 3.59. The fourth-order valence-electron chi connectivity index (χ4n) is 3.39. The Kier molecular flexibility index (Phi) is 6.42. The third kappa shape index (κ3) is 5.58. The first-order valence-electron chi connectivity index (χ1n) is 9.57. The number of hydrogen-bond donors (Lipinski definition) is 2. The number of amides is 1. The van der Waals surface area contributed by atoms with Crippen LogP contribution < -0.4 is 15.5 Å². The zero-order valence-electron chi connectivity index (χ0n) is 16.6. The Balaban J connectivity index is 1.55. The second-order valence-electron chi connectivity index (χ2n) is 7.53. The predicted octanol–water partition coefficient (Wildman–Crippen LogP) is 3.85. The molecule has 2 aromatic rings. The zero-order valence-corrected chi connectivity index (χ0v) is 16.6. The van der Waals surface area contributed by atoms with E-state index in [-0.39, 0.29) is 17.6 Å². The van der Waals surface area contributed by atoms with Crippen LogP contribution in [0.25, 0.3) is 0 Å². The van der Waals surface area contributed by atoms with Gasteiger partial charge in [-0.2, -0.15) is 18.2 Å². The lowest BCUT2D eigenvalue weighted by atomic mass is 9.91. The van der Waals surface area contributed by atoms with Crippen molar-refractivity contribution in [3.8, 4) is 0 Å². The third-order valence-electron chi connectivity index (χ3n) is 4.98. The zero-order chi connectivity index (χ0) is 21.9. The Bertz CT molecular complexity index is 895. The second-order valence-corrected chi connectivity index (χ2v) is 7.53. The van der Waals surface area contributed by atoms with Crippen LogP contribution >= 0.6 is 0 Å². The standard InChI is InChI=1S/C20H23F4N5O/c1-29(2)17-7-8-25-19(28-17)27-16-5-3-15(4-6-16)26-18(30)12-9-13(20(22,23)24)11-14(21)10-12/h7-11,15-16H,3-6H2,1-2H3,(H,26,30)(H,25,27,28). The number of nitrogens with one attached hydrogen (secondary N) is 2. The lowest BCUT2D eigenvalue weighted by Crippen LogP contribution is -2.40. The molecule has 0 atom stereocenters. The van der Waals surface area contributed by atoms with Crippen LogP contribution in [0, 0.1) is 5.82 Å². The van der Waals surface area contributed by atoms with Crippen molar-refractivity contribution in [2.45, 2.75) is 43.9 Å². The number of nitrogens with zero attached hydrogens (tertiary/aromatic N) is 3. The van der Waals surface area contributed by atoms with Gasteiger partial charge < -0.3 is 15.5 Å². The lowest BCUT2D eigenvalue weighted by molar-refractivity contribution is -0.137. The van der Waals surface area contributed by atoms with Crippen molar-refractivity contribution in [3.05, 3.63) is 47.4 Å². The fourth-order valence-corrected chi connectivity index (χ4v) is 3.39. The molecule has 2 N–H and O–H groups in total. The van der Waals surface area contributed by atoms with Crippen LogP contribution in [0.4, 0.5) is 29.3 Å². The number of anilines is 2. The number of benzene rings is 1. The van der Waals surface area contributed by atoms with Crippen LogP contribution in [-0.4, -0.2) is 42.1 Å². The molecule has 0 spiro atoms. The first-order valence-corrected chi connectivity index (χ1v) is 9.57. The van der Waals surface area contributed by atoms with E-state index in [9.17, 15) is 22.4 Å². The van der Waals surface area contributed by atoms with Crippen molar-refractivity contribution in [1.82, 2.24) is 15.3 Å². The van der Waals surface area contributed by atoms with E-state index in [4.69, 9.17) is 0 Å². The van der Waals surface area contributed by atoms with Gasteiger partial charge in [-0.05, 0) is 49.9 Å². The predicted molar refractivity (Wildman–Crippen MR) is 105 cm³/mol. The van der Waals surface area contributed by atoms with E-state index in [1.165, 1.54) is 0 Å². The van der Waals surface area contributed by atoms with Crippen molar-refractivity contribution in [2.24, 2.45) is 0 Å².